The summed E-state index contributed by atoms with van der Waals surface area (Å²) in [4.78, 5) is 11.6. The molecule has 1 aromatic carbocycles. The predicted molar refractivity (Wildman–Crippen MR) is 139 cm³/mol. The second-order valence-corrected chi connectivity index (χ2v) is 10.4. The fraction of sp³-hybridized carbons (Fsp3) is 0.759. The molecule has 0 aliphatic carbocycles. The Labute approximate surface area is 199 Å². The van der Waals surface area contributed by atoms with Crippen molar-refractivity contribution in [3.8, 4) is 5.75 Å². The minimum atomic E-state index is 0.0438. The molecule has 1 rings (SSSR count). The lowest BCUT2D eigenvalue weighted by Crippen LogP contribution is -2.51. The van der Waals surface area contributed by atoms with Crippen LogP contribution in [-0.2, 0) is 5.41 Å². The molecule has 0 amide bonds. The zero-order valence-electron chi connectivity index (χ0n) is 22.1. The molecule has 0 aromatic heterocycles. The molecule has 0 aliphatic rings. The standard InChI is InChI=1S/C29H51NO2/c1-7-11-16-29(6,27-22-25(5)28(32)26(23-27)24-31)17-15-21-30(18-12-8-2,19-13-9-3)20-14-10-4/h22-24H,7-21H2,1-6H3/p+1. The van der Waals surface area contributed by atoms with Crippen LogP contribution in [0.4, 0.5) is 0 Å². The van der Waals surface area contributed by atoms with Gasteiger partial charge in [-0.2, -0.15) is 0 Å². The lowest BCUT2D eigenvalue weighted by molar-refractivity contribution is -0.929. The molecule has 0 heterocycles. The highest BCUT2D eigenvalue weighted by Crippen LogP contribution is 2.38. The van der Waals surface area contributed by atoms with Crippen LogP contribution < -0.4 is 0 Å². The summed E-state index contributed by atoms with van der Waals surface area (Å²) in [6, 6.07) is 4.06. The normalized spacial score (nSPS) is 13.8. The Morgan fingerprint density at radius 1 is 0.812 bits per heavy atom. The molecule has 0 saturated heterocycles. The van der Waals surface area contributed by atoms with Gasteiger partial charge in [-0.1, -0.05) is 72.8 Å². The van der Waals surface area contributed by atoms with Gasteiger partial charge in [0.25, 0.3) is 0 Å². The highest BCUT2D eigenvalue weighted by molar-refractivity contribution is 5.80. The largest absolute Gasteiger partial charge is 0.507 e. The number of aromatic hydroxyl groups is 1. The number of carbonyl (C=O) groups excluding carboxylic acids is 1. The first-order chi connectivity index (χ1) is 15.3. The quantitative estimate of drug-likeness (QED) is 0.183. The molecule has 1 N–H and O–H groups in total. The van der Waals surface area contributed by atoms with Crippen LogP contribution in [0.1, 0.15) is 127 Å². The van der Waals surface area contributed by atoms with Gasteiger partial charge in [0, 0.05) is 0 Å². The van der Waals surface area contributed by atoms with Crippen molar-refractivity contribution in [3.05, 3.63) is 28.8 Å². The van der Waals surface area contributed by atoms with Gasteiger partial charge in [-0.3, -0.25) is 4.79 Å². The molecule has 3 nitrogen and oxygen atoms in total. The van der Waals surface area contributed by atoms with Crippen molar-refractivity contribution in [1.29, 1.82) is 0 Å². The number of aryl methyl sites for hydroxylation is 1. The lowest BCUT2D eigenvalue weighted by atomic mass is 9.73. The summed E-state index contributed by atoms with van der Waals surface area (Å²) in [5, 5.41) is 10.3. The monoisotopic (exact) mass is 446 g/mol. The topological polar surface area (TPSA) is 37.3 Å². The lowest BCUT2D eigenvalue weighted by Gasteiger charge is -2.40. The zero-order chi connectivity index (χ0) is 24.0. The molecule has 0 aliphatic heterocycles. The summed E-state index contributed by atoms with van der Waals surface area (Å²) in [6.07, 6.45) is 14.4. The number of hydrogen-bond acceptors (Lipinski definition) is 2. The molecular weight excluding hydrogens is 394 g/mol. The van der Waals surface area contributed by atoms with Gasteiger partial charge in [-0.05, 0) is 68.1 Å². The Bertz CT molecular complexity index is 648. The van der Waals surface area contributed by atoms with E-state index in [1.807, 2.05) is 13.0 Å². The molecule has 3 heteroatoms. The average molecular weight is 447 g/mol. The zero-order valence-corrected chi connectivity index (χ0v) is 22.1. The van der Waals surface area contributed by atoms with E-state index < -0.39 is 0 Å². The van der Waals surface area contributed by atoms with E-state index in [1.54, 1.807) is 0 Å². The second kappa shape index (κ2) is 14.7. The Morgan fingerprint density at radius 2 is 1.28 bits per heavy atom. The minimum Gasteiger partial charge on any atom is -0.507 e. The number of unbranched alkanes of at least 4 members (excludes halogenated alkanes) is 4. The van der Waals surface area contributed by atoms with E-state index >= 15 is 0 Å². The third-order valence-corrected chi connectivity index (χ3v) is 7.56. The van der Waals surface area contributed by atoms with Crippen LogP contribution >= 0.6 is 0 Å². The van der Waals surface area contributed by atoms with Gasteiger partial charge in [0.05, 0.1) is 31.7 Å². The summed E-state index contributed by atoms with van der Waals surface area (Å²) in [6.45, 7) is 18.7. The molecule has 1 aromatic rings. The Morgan fingerprint density at radius 3 is 1.75 bits per heavy atom. The number of benzene rings is 1. The van der Waals surface area contributed by atoms with Gasteiger partial charge in [-0.25, -0.2) is 0 Å². The molecule has 0 spiro atoms. The molecule has 32 heavy (non-hydrogen) atoms. The van der Waals surface area contributed by atoms with E-state index in [2.05, 4.69) is 40.7 Å². The first kappa shape index (κ1) is 28.7. The summed E-state index contributed by atoms with van der Waals surface area (Å²) in [5.74, 6) is 0.135. The third-order valence-electron chi connectivity index (χ3n) is 7.56. The third kappa shape index (κ3) is 8.54. The number of rotatable bonds is 18. The van der Waals surface area contributed by atoms with Crippen LogP contribution in [0.15, 0.2) is 12.1 Å². The van der Waals surface area contributed by atoms with Crippen molar-refractivity contribution >= 4 is 6.29 Å². The molecule has 1 unspecified atom stereocenters. The average Bonchev–Trinajstić information content (AvgIpc) is 2.80. The van der Waals surface area contributed by atoms with Gasteiger partial charge >= 0.3 is 0 Å². The number of carbonyl (C=O) groups is 1. The molecule has 0 bridgehead atoms. The first-order valence-corrected chi connectivity index (χ1v) is 13.5. The molecule has 1 atom stereocenters. The van der Waals surface area contributed by atoms with E-state index in [9.17, 15) is 9.90 Å². The Balaban J connectivity index is 3.11. The molecular formula is C29H52NO2+. The summed E-state index contributed by atoms with van der Waals surface area (Å²) < 4.78 is 1.29. The van der Waals surface area contributed by atoms with Crippen molar-refractivity contribution in [3.63, 3.8) is 0 Å². The molecule has 0 radical (unpaired) electrons. The van der Waals surface area contributed by atoms with Crippen LogP contribution in [0.3, 0.4) is 0 Å². The van der Waals surface area contributed by atoms with Gasteiger partial charge in [-0.15, -0.1) is 0 Å². The van der Waals surface area contributed by atoms with E-state index in [-0.39, 0.29) is 11.2 Å². The Kier molecular flexibility index (Phi) is 13.2. The van der Waals surface area contributed by atoms with Gasteiger partial charge < -0.3 is 9.59 Å². The van der Waals surface area contributed by atoms with E-state index in [4.69, 9.17) is 0 Å². The van der Waals surface area contributed by atoms with Crippen LogP contribution in [0.2, 0.25) is 0 Å². The highest BCUT2D eigenvalue weighted by atomic mass is 16.3. The SMILES string of the molecule is CCCCC(C)(CCC[N+](CCCC)(CCCC)CCCC)c1cc(C)c(O)c(C=O)c1. The van der Waals surface area contributed by atoms with Crippen molar-refractivity contribution in [1.82, 2.24) is 0 Å². The maximum absolute atomic E-state index is 11.6. The highest BCUT2D eigenvalue weighted by Gasteiger charge is 2.31. The number of aldehydes is 1. The molecule has 184 valence electrons. The molecule has 0 fully saturated rings. The smallest absolute Gasteiger partial charge is 0.153 e. The van der Waals surface area contributed by atoms with Gasteiger partial charge in [0.2, 0.25) is 0 Å². The number of phenolic OH excluding ortho intramolecular Hbond substituents is 1. The maximum Gasteiger partial charge on any atom is 0.153 e. The number of quaternary nitrogens is 1. The van der Waals surface area contributed by atoms with Crippen LogP contribution in [0.25, 0.3) is 0 Å². The summed E-state index contributed by atoms with van der Waals surface area (Å²) in [5.41, 5.74) is 2.51. The van der Waals surface area contributed by atoms with E-state index in [0.29, 0.717) is 5.56 Å². The van der Waals surface area contributed by atoms with E-state index in [0.717, 1.165) is 24.7 Å². The number of hydrogen-bond donors (Lipinski definition) is 1. The van der Waals surface area contributed by atoms with Gasteiger partial charge in [0.15, 0.2) is 6.29 Å². The first-order valence-electron chi connectivity index (χ1n) is 13.5. The van der Waals surface area contributed by atoms with Crippen molar-refractivity contribution < 1.29 is 14.4 Å². The van der Waals surface area contributed by atoms with Crippen LogP contribution in [0.5, 0.6) is 5.75 Å². The minimum absolute atomic E-state index is 0.0438. The van der Waals surface area contributed by atoms with Crippen molar-refractivity contribution in [2.75, 3.05) is 26.2 Å². The summed E-state index contributed by atoms with van der Waals surface area (Å²) >= 11 is 0. The van der Waals surface area contributed by atoms with Gasteiger partial charge in [0.1, 0.15) is 5.75 Å². The second-order valence-electron chi connectivity index (χ2n) is 10.4. The predicted octanol–water partition coefficient (Wildman–Crippen LogP) is 7.96. The number of phenols is 1. The fourth-order valence-corrected chi connectivity index (χ4v) is 5.18. The fourth-order valence-electron chi connectivity index (χ4n) is 5.18. The van der Waals surface area contributed by atoms with Crippen molar-refractivity contribution in [2.24, 2.45) is 0 Å². The summed E-state index contributed by atoms with van der Waals surface area (Å²) in [7, 11) is 0. The van der Waals surface area contributed by atoms with Crippen LogP contribution in [-0.4, -0.2) is 42.1 Å². The number of nitrogens with zero attached hydrogens (tertiary/aromatic N) is 1. The van der Waals surface area contributed by atoms with Crippen molar-refractivity contribution in [2.45, 2.75) is 118 Å². The van der Waals surface area contributed by atoms with E-state index in [1.165, 1.54) is 94.0 Å². The van der Waals surface area contributed by atoms with Crippen LogP contribution in [0, 0.1) is 6.92 Å². The maximum atomic E-state index is 11.6. The molecule has 0 saturated carbocycles. The Hall–Kier alpha value is -1.35.